The largest absolute Gasteiger partial charge is 0.481 e. The molecule has 0 radical (unpaired) electrons. The third-order valence-corrected chi connectivity index (χ3v) is 1.90. The summed E-state index contributed by atoms with van der Waals surface area (Å²) in [7, 11) is 1.64. The molecule has 1 heterocycles. The van der Waals surface area contributed by atoms with Crippen LogP contribution in [0.5, 0.6) is 5.88 Å². The maximum atomic E-state index is 5.02. The van der Waals surface area contributed by atoms with Gasteiger partial charge in [-0.3, -0.25) is 0 Å². The monoisotopic (exact) mass is 165 g/mol. The summed E-state index contributed by atoms with van der Waals surface area (Å²) >= 11 is 0. The molecule has 2 nitrogen and oxygen atoms in total. The van der Waals surface area contributed by atoms with Gasteiger partial charge < -0.3 is 4.74 Å². The molecule has 0 amide bonds. The molecule has 0 aliphatic carbocycles. The molecule has 1 rings (SSSR count). The van der Waals surface area contributed by atoms with Crippen molar-refractivity contribution in [3.05, 3.63) is 23.4 Å². The van der Waals surface area contributed by atoms with Gasteiger partial charge in [-0.05, 0) is 18.9 Å². The number of hydrogen-bond donors (Lipinski definition) is 0. The van der Waals surface area contributed by atoms with Gasteiger partial charge in [-0.25, -0.2) is 4.98 Å². The van der Waals surface area contributed by atoms with Crippen LogP contribution in [0.4, 0.5) is 0 Å². The van der Waals surface area contributed by atoms with Gasteiger partial charge in [-0.2, -0.15) is 0 Å². The molecule has 2 heteroatoms. The SMILES string of the molecule is CCCc1ccc(OC)nc1C. The lowest BCUT2D eigenvalue weighted by atomic mass is 10.1. The van der Waals surface area contributed by atoms with Crippen molar-refractivity contribution in [2.75, 3.05) is 7.11 Å². The third-order valence-electron chi connectivity index (χ3n) is 1.90. The zero-order valence-corrected chi connectivity index (χ0v) is 7.92. The first-order valence-corrected chi connectivity index (χ1v) is 4.28. The Kier molecular flexibility index (Phi) is 3.09. The molecule has 0 unspecified atom stereocenters. The summed E-state index contributed by atoms with van der Waals surface area (Å²) in [5.74, 6) is 0.701. The van der Waals surface area contributed by atoms with Crippen LogP contribution in [0.2, 0.25) is 0 Å². The Bertz CT molecular complexity index is 258. The van der Waals surface area contributed by atoms with Crippen molar-refractivity contribution in [1.82, 2.24) is 4.98 Å². The normalized spacial score (nSPS) is 9.92. The number of methoxy groups -OCH3 is 1. The Labute approximate surface area is 73.6 Å². The molecule has 0 aliphatic rings. The molecule has 0 bridgehead atoms. The van der Waals surface area contributed by atoms with Crippen molar-refractivity contribution in [2.24, 2.45) is 0 Å². The topological polar surface area (TPSA) is 22.1 Å². The summed E-state index contributed by atoms with van der Waals surface area (Å²) in [6.45, 7) is 4.19. The van der Waals surface area contributed by atoms with Crippen molar-refractivity contribution in [1.29, 1.82) is 0 Å². The first-order valence-electron chi connectivity index (χ1n) is 4.28. The predicted molar refractivity (Wildman–Crippen MR) is 49.5 cm³/mol. The van der Waals surface area contributed by atoms with E-state index >= 15 is 0 Å². The fourth-order valence-corrected chi connectivity index (χ4v) is 1.21. The summed E-state index contributed by atoms with van der Waals surface area (Å²) in [5.41, 5.74) is 2.40. The van der Waals surface area contributed by atoms with Gasteiger partial charge in [-0.15, -0.1) is 0 Å². The quantitative estimate of drug-likeness (QED) is 0.686. The number of ether oxygens (including phenoxy) is 1. The van der Waals surface area contributed by atoms with Crippen LogP contribution in [0.1, 0.15) is 24.6 Å². The summed E-state index contributed by atoms with van der Waals surface area (Å²) in [6.07, 6.45) is 2.26. The van der Waals surface area contributed by atoms with Crippen LogP contribution in [-0.4, -0.2) is 12.1 Å². The fraction of sp³-hybridized carbons (Fsp3) is 0.500. The standard InChI is InChI=1S/C10H15NO/c1-4-5-9-6-7-10(12-3)11-8(9)2/h6-7H,4-5H2,1-3H3. The van der Waals surface area contributed by atoms with Crippen molar-refractivity contribution < 1.29 is 4.74 Å². The maximum Gasteiger partial charge on any atom is 0.213 e. The van der Waals surface area contributed by atoms with Crippen molar-refractivity contribution >= 4 is 0 Å². The van der Waals surface area contributed by atoms with Crippen LogP contribution in [-0.2, 0) is 6.42 Å². The second-order valence-corrected chi connectivity index (χ2v) is 2.85. The van der Waals surface area contributed by atoms with E-state index < -0.39 is 0 Å². The van der Waals surface area contributed by atoms with E-state index in [4.69, 9.17) is 4.74 Å². The summed E-state index contributed by atoms with van der Waals surface area (Å²) < 4.78 is 5.02. The second-order valence-electron chi connectivity index (χ2n) is 2.85. The molecule has 0 spiro atoms. The number of aromatic nitrogens is 1. The van der Waals surface area contributed by atoms with Gasteiger partial charge in [0, 0.05) is 11.8 Å². The molecule has 0 atom stereocenters. The van der Waals surface area contributed by atoms with Gasteiger partial charge in [0.15, 0.2) is 0 Å². The molecule has 1 aromatic heterocycles. The van der Waals surface area contributed by atoms with Crippen LogP contribution < -0.4 is 4.74 Å². The van der Waals surface area contributed by atoms with Crippen molar-refractivity contribution in [3.8, 4) is 5.88 Å². The lowest BCUT2D eigenvalue weighted by Gasteiger charge is -2.04. The average molecular weight is 165 g/mol. The van der Waals surface area contributed by atoms with Crippen molar-refractivity contribution in [3.63, 3.8) is 0 Å². The van der Waals surface area contributed by atoms with E-state index in [0.29, 0.717) is 5.88 Å². The minimum absolute atomic E-state index is 0.701. The van der Waals surface area contributed by atoms with Crippen molar-refractivity contribution in [2.45, 2.75) is 26.7 Å². The molecule has 0 aliphatic heterocycles. The van der Waals surface area contributed by atoms with Gasteiger partial charge >= 0.3 is 0 Å². The smallest absolute Gasteiger partial charge is 0.213 e. The number of nitrogens with zero attached hydrogens (tertiary/aromatic N) is 1. The van der Waals surface area contributed by atoms with Crippen LogP contribution in [0.25, 0.3) is 0 Å². The van der Waals surface area contributed by atoms with E-state index in [9.17, 15) is 0 Å². The minimum atomic E-state index is 0.701. The average Bonchev–Trinajstić information content (AvgIpc) is 2.09. The molecule has 1 aromatic rings. The fourth-order valence-electron chi connectivity index (χ4n) is 1.21. The zero-order valence-electron chi connectivity index (χ0n) is 7.92. The van der Waals surface area contributed by atoms with E-state index in [1.54, 1.807) is 7.11 Å². The maximum absolute atomic E-state index is 5.02. The highest BCUT2D eigenvalue weighted by Crippen LogP contribution is 2.13. The molecule has 12 heavy (non-hydrogen) atoms. The molecule has 0 saturated carbocycles. The molecule has 66 valence electrons. The highest BCUT2D eigenvalue weighted by molar-refractivity contribution is 5.24. The first-order chi connectivity index (χ1) is 5.77. The summed E-state index contributed by atoms with van der Waals surface area (Å²) in [5, 5.41) is 0. The lowest BCUT2D eigenvalue weighted by Crippen LogP contribution is -1.95. The number of hydrogen-bond acceptors (Lipinski definition) is 2. The Hall–Kier alpha value is -1.05. The molecule has 0 N–H and O–H groups in total. The van der Waals surface area contributed by atoms with E-state index in [1.807, 2.05) is 13.0 Å². The number of aryl methyl sites for hydroxylation is 2. The molecule has 0 saturated heterocycles. The predicted octanol–water partition coefficient (Wildman–Crippen LogP) is 2.35. The Morgan fingerprint density at radius 2 is 2.17 bits per heavy atom. The highest BCUT2D eigenvalue weighted by Gasteiger charge is 1.99. The zero-order chi connectivity index (χ0) is 8.97. The minimum Gasteiger partial charge on any atom is -0.481 e. The van der Waals surface area contributed by atoms with E-state index in [1.165, 1.54) is 5.56 Å². The van der Waals surface area contributed by atoms with Gasteiger partial charge in [0.1, 0.15) is 0 Å². The molecule has 0 aromatic carbocycles. The summed E-state index contributed by atoms with van der Waals surface area (Å²) in [4.78, 5) is 4.29. The Morgan fingerprint density at radius 1 is 1.42 bits per heavy atom. The second kappa shape index (κ2) is 4.10. The Balaban J connectivity index is 2.87. The van der Waals surface area contributed by atoms with Gasteiger partial charge in [0.05, 0.1) is 7.11 Å². The van der Waals surface area contributed by atoms with Gasteiger partial charge in [0.2, 0.25) is 5.88 Å². The number of rotatable bonds is 3. The lowest BCUT2D eigenvalue weighted by molar-refractivity contribution is 0.396. The number of pyridine rings is 1. The van der Waals surface area contributed by atoms with Gasteiger partial charge in [0.25, 0.3) is 0 Å². The molecule has 0 fully saturated rings. The van der Waals surface area contributed by atoms with Crippen LogP contribution in [0, 0.1) is 6.92 Å². The third kappa shape index (κ3) is 1.97. The van der Waals surface area contributed by atoms with Gasteiger partial charge in [-0.1, -0.05) is 19.4 Å². The van der Waals surface area contributed by atoms with Crippen LogP contribution >= 0.6 is 0 Å². The van der Waals surface area contributed by atoms with Crippen LogP contribution in [0.15, 0.2) is 12.1 Å². The van der Waals surface area contributed by atoms with E-state index in [2.05, 4.69) is 18.0 Å². The Morgan fingerprint density at radius 3 is 2.67 bits per heavy atom. The van der Waals surface area contributed by atoms with Crippen LogP contribution in [0.3, 0.4) is 0 Å². The van der Waals surface area contributed by atoms with E-state index in [0.717, 1.165) is 18.5 Å². The molecular weight excluding hydrogens is 150 g/mol. The summed E-state index contributed by atoms with van der Waals surface area (Å²) in [6, 6.07) is 4.00. The van der Waals surface area contributed by atoms with E-state index in [-0.39, 0.29) is 0 Å². The molecular formula is C10H15NO. The first kappa shape index (κ1) is 9.04. The highest BCUT2D eigenvalue weighted by atomic mass is 16.5.